The van der Waals surface area contributed by atoms with Gasteiger partial charge in [-0.05, 0) is 43.7 Å². The summed E-state index contributed by atoms with van der Waals surface area (Å²) in [4.78, 5) is 1.39. The SMILES string of the molecule is Cc1ccsc1C(C)NCC1(O)CCCC1. The maximum absolute atomic E-state index is 10.2. The van der Waals surface area contributed by atoms with E-state index in [9.17, 15) is 5.11 Å². The Balaban J connectivity index is 1.88. The zero-order valence-electron chi connectivity index (χ0n) is 10.1. The number of nitrogens with one attached hydrogen (secondary N) is 1. The lowest BCUT2D eigenvalue weighted by molar-refractivity contribution is 0.0454. The van der Waals surface area contributed by atoms with E-state index in [1.165, 1.54) is 23.3 Å². The minimum Gasteiger partial charge on any atom is -0.389 e. The molecule has 1 atom stereocenters. The summed E-state index contributed by atoms with van der Waals surface area (Å²) in [6.07, 6.45) is 4.25. The van der Waals surface area contributed by atoms with Crippen LogP contribution in [-0.4, -0.2) is 17.3 Å². The number of rotatable bonds is 4. The summed E-state index contributed by atoms with van der Waals surface area (Å²) in [5, 5.41) is 15.8. The third-order valence-electron chi connectivity index (χ3n) is 3.57. The van der Waals surface area contributed by atoms with Gasteiger partial charge in [0.1, 0.15) is 0 Å². The van der Waals surface area contributed by atoms with Crippen molar-refractivity contribution in [1.29, 1.82) is 0 Å². The molecule has 0 saturated heterocycles. The standard InChI is InChI=1S/C13H21NOS/c1-10-5-8-16-12(10)11(2)14-9-13(15)6-3-4-7-13/h5,8,11,14-15H,3-4,6-7,9H2,1-2H3. The molecular weight excluding hydrogens is 218 g/mol. The van der Waals surface area contributed by atoms with Crippen LogP contribution in [0.5, 0.6) is 0 Å². The zero-order chi connectivity index (χ0) is 11.6. The van der Waals surface area contributed by atoms with E-state index in [-0.39, 0.29) is 0 Å². The van der Waals surface area contributed by atoms with Crippen molar-refractivity contribution in [3.63, 3.8) is 0 Å². The maximum Gasteiger partial charge on any atom is 0.0771 e. The molecule has 2 N–H and O–H groups in total. The van der Waals surface area contributed by atoms with Crippen LogP contribution in [0.4, 0.5) is 0 Å². The first-order chi connectivity index (χ1) is 7.61. The molecule has 1 aromatic heterocycles. The molecule has 1 unspecified atom stereocenters. The molecule has 0 bridgehead atoms. The molecule has 0 aromatic carbocycles. The van der Waals surface area contributed by atoms with E-state index >= 15 is 0 Å². The summed E-state index contributed by atoms with van der Waals surface area (Å²) in [5.41, 5.74) is 0.905. The highest BCUT2D eigenvalue weighted by atomic mass is 32.1. The van der Waals surface area contributed by atoms with E-state index in [1.807, 2.05) is 0 Å². The van der Waals surface area contributed by atoms with Gasteiger partial charge in [-0.2, -0.15) is 0 Å². The molecule has 1 fully saturated rings. The third-order valence-corrected chi connectivity index (χ3v) is 4.77. The average molecular weight is 239 g/mol. The second-order valence-electron chi connectivity index (χ2n) is 5.00. The molecule has 0 aliphatic heterocycles. The first-order valence-corrected chi connectivity index (χ1v) is 6.98. The molecule has 90 valence electrons. The monoisotopic (exact) mass is 239 g/mol. The average Bonchev–Trinajstić information content (AvgIpc) is 2.85. The van der Waals surface area contributed by atoms with E-state index in [1.54, 1.807) is 11.3 Å². The summed E-state index contributed by atoms with van der Waals surface area (Å²) in [7, 11) is 0. The summed E-state index contributed by atoms with van der Waals surface area (Å²) in [6.45, 7) is 5.05. The quantitative estimate of drug-likeness (QED) is 0.846. The summed E-state index contributed by atoms with van der Waals surface area (Å²) < 4.78 is 0. The summed E-state index contributed by atoms with van der Waals surface area (Å²) in [5.74, 6) is 0. The van der Waals surface area contributed by atoms with Crippen LogP contribution in [0.15, 0.2) is 11.4 Å². The van der Waals surface area contributed by atoms with Crippen molar-refractivity contribution < 1.29 is 5.11 Å². The van der Waals surface area contributed by atoms with E-state index in [0.29, 0.717) is 6.04 Å². The van der Waals surface area contributed by atoms with E-state index in [0.717, 1.165) is 19.4 Å². The van der Waals surface area contributed by atoms with E-state index in [2.05, 4.69) is 30.6 Å². The lowest BCUT2D eigenvalue weighted by Crippen LogP contribution is -2.38. The first-order valence-electron chi connectivity index (χ1n) is 6.10. The van der Waals surface area contributed by atoms with E-state index in [4.69, 9.17) is 0 Å². The van der Waals surface area contributed by atoms with Crippen molar-refractivity contribution in [2.45, 2.75) is 51.2 Å². The Hall–Kier alpha value is -0.380. The van der Waals surface area contributed by atoms with Crippen molar-refractivity contribution in [1.82, 2.24) is 5.32 Å². The molecule has 3 heteroatoms. The van der Waals surface area contributed by atoms with Gasteiger partial charge in [-0.3, -0.25) is 0 Å². The van der Waals surface area contributed by atoms with Crippen molar-refractivity contribution >= 4 is 11.3 Å². The topological polar surface area (TPSA) is 32.3 Å². The van der Waals surface area contributed by atoms with Gasteiger partial charge in [0.05, 0.1) is 5.60 Å². The van der Waals surface area contributed by atoms with Crippen molar-refractivity contribution in [2.75, 3.05) is 6.54 Å². The van der Waals surface area contributed by atoms with Crippen molar-refractivity contribution in [3.8, 4) is 0 Å². The third kappa shape index (κ3) is 2.65. The fourth-order valence-electron chi connectivity index (χ4n) is 2.47. The van der Waals surface area contributed by atoms with E-state index < -0.39 is 5.60 Å². The molecule has 1 aliphatic carbocycles. The Morgan fingerprint density at radius 2 is 2.19 bits per heavy atom. The summed E-state index contributed by atoms with van der Waals surface area (Å²) in [6, 6.07) is 2.51. The highest BCUT2D eigenvalue weighted by Gasteiger charge is 2.31. The van der Waals surface area contributed by atoms with Gasteiger partial charge in [-0.25, -0.2) is 0 Å². The molecular formula is C13H21NOS. The van der Waals surface area contributed by atoms with Gasteiger partial charge in [-0.1, -0.05) is 12.8 Å². The number of aliphatic hydroxyl groups is 1. The molecule has 0 radical (unpaired) electrons. The molecule has 1 saturated carbocycles. The fraction of sp³-hybridized carbons (Fsp3) is 0.692. The molecule has 2 nitrogen and oxygen atoms in total. The van der Waals surface area contributed by atoms with Gasteiger partial charge >= 0.3 is 0 Å². The van der Waals surface area contributed by atoms with Crippen LogP contribution in [0, 0.1) is 6.92 Å². The van der Waals surface area contributed by atoms with Crippen LogP contribution in [-0.2, 0) is 0 Å². The minimum atomic E-state index is -0.445. The molecule has 2 rings (SSSR count). The Morgan fingerprint density at radius 1 is 1.50 bits per heavy atom. The van der Waals surface area contributed by atoms with Crippen LogP contribution in [0.3, 0.4) is 0 Å². The smallest absolute Gasteiger partial charge is 0.0771 e. The van der Waals surface area contributed by atoms with Gasteiger partial charge in [-0.15, -0.1) is 11.3 Å². The van der Waals surface area contributed by atoms with Gasteiger partial charge in [0.25, 0.3) is 0 Å². The van der Waals surface area contributed by atoms with Gasteiger partial charge in [0.2, 0.25) is 0 Å². The maximum atomic E-state index is 10.2. The Bertz CT molecular complexity index is 341. The molecule has 1 aliphatic rings. The van der Waals surface area contributed by atoms with Crippen LogP contribution in [0.1, 0.15) is 49.1 Å². The lowest BCUT2D eigenvalue weighted by Gasteiger charge is -2.25. The summed E-state index contributed by atoms with van der Waals surface area (Å²) >= 11 is 1.79. The molecule has 0 spiro atoms. The Labute approximate surface area is 102 Å². The van der Waals surface area contributed by atoms with Crippen LogP contribution in [0.2, 0.25) is 0 Å². The normalized spacial score (nSPS) is 21.2. The van der Waals surface area contributed by atoms with Gasteiger partial charge in [0, 0.05) is 17.5 Å². The number of aryl methyl sites for hydroxylation is 1. The van der Waals surface area contributed by atoms with Crippen LogP contribution < -0.4 is 5.32 Å². The molecule has 1 aromatic rings. The van der Waals surface area contributed by atoms with Gasteiger partial charge < -0.3 is 10.4 Å². The number of hydrogen-bond acceptors (Lipinski definition) is 3. The second-order valence-corrected chi connectivity index (χ2v) is 5.95. The predicted octanol–water partition coefficient (Wildman–Crippen LogP) is 3.01. The molecule has 0 amide bonds. The number of thiophene rings is 1. The van der Waals surface area contributed by atoms with Crippen LogP contribution in [0.25, 0.3) is 0 Å². The minimum absolute atomic E-state index is 0.352. The molecule has 1 heterocycles. The zero-order valence-corrected chi connectivity index (χ0v) is 10.9. The Kier molecular flexibility index (Phi) is 3.67. The van der Waals surface area contributed by atoms with Crippen LogP contribution >= 0.6 is 11.3 Å². The van der Waals surface area contributed by atoms with Gasteiger partial charge in [0.15, 0.2) is 0 Å². The predicted molar refractivity (Wildman–Crippen MR) is 68.9 cm³/mol. The van der Waals surface area contributed by atoms with Crippen molar-refractivity contribution in [2.24, 2.45) is 0 Å². The number of hydrogen-bond donors (Lipinski definition) is 2. The lowest BCUT2D eigenvalue weighted by atomic mass is 10.0. The van der Waals surface area contributed by atoms with Crippen molar-refractivity contribution in [3.05, 3.63) is 21.9 Å². The highest BCUT2D eigenvalue weighted by molar-refractivity contribution is 7.10. The first kappa shape index (κ1) is 12.1. The second kappa shape index (κ2) is 4.86. The highest BCUT2D eigenvalue weighted by Crippen LogP contribution is 2.30. The molecule has 16 heavy (non-hydrogen) atoms. The Morgan fingerprint density at radius 3 is 2.75 bits per heavy atom. The largest absolute Gasteiger partial charge is 0.389 e. The fourth-order valence-corrected chi connectivity index (χ4v) is 3.43.